The molecule has 1 aromatic carbocycles. The van der Waals surface area contributed by atoms with E-state index in [0.717, 1.165) is 36.2 Å². The van der Waals surface area contributed by atoms with Crippen molar-refractivity contribution < 1.29 is 0 Å². The predicted molar refractivity (Wildman–Crippen MR) is 97.1 cm³/mol. The summed E-state index contributed by atoms with van der Waals surface area (Å²) in [5, 5.41) is 4.45. The van der Waals surface area contributed by atoms with Crippen molar-refractivity contribution in [3.63, 3.8) is 0 Å². The van der Waals surface area contributed by atoms with Crippen LogP contribution in [-0.2, 0) is 0 Å². The average Bonchev–Trinajstić information content (AvgIpc) is 2.50. The van der Waals surface area contributed by atoms with Gasteiger partial charge in [0, 0.05) is 29.9 Å². The molecule has 0 radical (unpaired) electrons. The van der Waals surface area contributed by atoms with Gasteiger partial charge in [-0.3, -0.25) is 0 Å². The molecule has 0 aliphatic carbocycles. The lowest BCUT2D eigenvalue weighted by Gasteiger charge is -2.31. The van der Waals surface area contributed by atoms with Crippen LogP contribution in [0.1, 0.15) is 25.5 Å². The number of benzene rings is 1. The van der Waals surface area contributed by atoms with E-state index >= 15 is 0 Å². The molecule has 1 aromatic heterocycles. The first-order valence-corrected chi connectivity index (χ1v) is 8.59. The van der Waals surface area contributed by atoms with Gasteiger partial charge < -0.3 is 10.2 Å². The van der Waals surface area contributed by atoms with Crippen LogP contribution in [0, 0.1) is 12.8 Å². The normalized spacial score (nSPS) is 18.1. The highest BCUT2D eigenvalue weighted by atomic mass is 35.5. The van der Waals surface area contributed by atoms with Crippen LogP contribution in [0.4, 0.5) is 17.5 Å². The molecule has 3 rings (SSSR count). The van der Waals surface area contributed by atoms with Crippen molar-refractivity contribution in [3.05, 3.63) is 40.0 Å². The first-order valence-electron chi connectivity index (χ1n) is 7.84. The lowest BCUT2D eigenvalue weighted by Crippen LogP contribution is -2.35. The molecule has 4 nitrogen and oxygen atoms in total. The largest absolute Gasteiger partial charge is 0.340 e. The summed E-state index contributed by atoms with van der Waals surface area (Å²) in [5.74, 6) is 2.20. The standard InChI is InChI=1S/C17H20Cl2N4/c1-11-4-3-7-23(10-11)17-20-12(2)8-16(22-17)21-15-6-5-13(18)9-14(15)19/h5-6,8-9,11H,3-4,7,10H2,1-2H3,(H,20,21,22). The van der Waals surface area contributed by atoms with E-state index in [0.29, 0.717) is 16.0 Å². The van der Waals surface area contributed by atoms with E-state index in [4.69, 9.17) is 23.2 Å². The van der Waals surface area contributed by atoms with Crippen LogP contribution in [-0.4, -0.2) is 23.1 Å². The highest BCUT2D eigenvalue weighted by molar-refractivity contribution is 6.36. The van der Waals surface area contributed by atoms with E-state index in [1.807, 2.05) is 19.1 Å². The fraction of sp³-hybridized carbons (Fsp3) is 0.412. The van der Waals surface area contributed by atoms with Crippen LogP contribution in [0.5, 0.6) is 0 Å². The molecule has 23 heavy (non-hydrogen) atoms. The number of hydrogen-bond donors (Lipinski definition) is 1. The van der Waals surface area contributed by atoms with E-state index in [9.17, 15) is 0 Å². The van der Waals surface area contributed by atoms with Crippen LogP contribution in [0.15, 0.2) is 24.3 Å². The van der Waals surface area contributed by atoms with Gasteiger partial charge in [0.2, 0.25) is 5.95 Å². The highest BCUT2D eigenvalue weighted by Crippen LogP contribution is 2.29. The van der Waals surface area contributed by atoms with Gasteiger partial charge in [-0.05, 0) is 43.9 Å². The molecular weight excluding hydrogens is 331 g/mol. The highest BCUT2D eigenvalue weighted by Gasteiger charge is 2.19. The smallest absolute Gasteiger partial charge is 0.227 e. The molecule has 0 bridgehead atoms. The molecule has 2 heterocycles. The van der Waals surface area contributed by atoms with Crippen molar-refractivity contribution in [3.8, 4) is 0 Å². The van der Waals surface area contributed by atoms with Crippen LogP contribution >= 0.6 is 23.2 Å². The maximum absolute atomic E-state index is 6.23. The van der Waals surface area contributed by atoms with Crippen molar-refractivity contribution >= 4 is 40.7 Å². The monoisotopic (exact) mass is 350 g/mol. The Morgan fingerprint density at radius 3 is 2.78 bits per heavy atom. The predicted octanol–water partition coefficient (Wildman–Crippen LogP) is 5.07. The van der Waals surface area contributed by atoms with Gasteiger partial charge in [0.05, 0.1) is 10.7 Å². The van der Waals surface area contributed by atoms with Crippen LogP contribution in [0.25, 0.3) is 0 Å². The molecule has 0 spiro atoms. The third kappa shape index (κ3) is 4.06. The second-order valence-electron chi connectivity index (χ2n) is 6.14. The Morgan fingerprint density at radius 2 is 2.04 bits per heavy atom. The molecule has 0 saturated carbocycles. The summed E-state index contributed by atoms with van der Waals surface area (Å²) in [7, 11) is 0. The Hall–Kier alpha value is -1.52. The minimum atomic E-state index is 0.571. The number of anilines is 3. The molecule has 1 unspecified atom stereocenters. The van der Waals surface area contributed by atoms with Crippen LogP contribution in [0.2, 0.25) is 10.0 Å². The topological polar surface area (TPSA) is 41.1 Å². The van der Waals surface area contributed by atoms with Gasteiger partial charge in [0.15, 0.2) is 0 Å². The fourth-order valence-electron chi connectivity index (χ4n) is 2.86. The lowest BCUT2D eigenvalue weighted by molar-refractivity contribution is 0.442. The summed E-state index contributed by atoms with van der Waals surface area (Å²) < 4.78 is 0. The molecule has 1 aliphatic rings. The Labute approximate surface area is 146 Å². The Kier molecular flexibility index (Phi) is 4.93. The summed E-state index contributed by atoms with van der Waals surface area (Å²) in [5.41, 5.74) is 1.72. The third-order valence-electron chi connectivity index (χ3n) is 3.98. The Morgan fingerprint density at radius 1 is 1.22 bits per heavy atom. The summed E-state index contributed by atoms with van der Waals surface area (Å²) in [6.07, 6.45) is 2.46. The summed E-state index contributed by atoms with van der Waals surface area (Å²) in [4.78, 5) is 11.5. The first kappa shape index (κ1) is 16.3. The quantitative estimate of drug-likeness (QED) is 0.838. The molecule has 2 aromatic rings. The third-order valence-corrected chi connectivity index (χ3v) is 4.52. The van der Waals surface area contributed by atoms with Gasteiger partial charge in [-0.15, -0.1) is 0 Å². The van der Waals surface area contributed by atoms with Crippen molar-refractivity contribution in [1.29, 1.82) is 0 Å². The number of piperidine rings is 1. The molecule has 1 N–H and O–H groups in total. The number of aryl methyl sites for hydroxylation is 1. The molecule has 1 aliphatic heterocycles. The molecule has 1 fully saturated rings. The number of aromatic nitrogens is 2. The molecule has 122 valence electrons. The Bertz CT molecular complexity index is 705. The first-order chi connectivity index (χ1) is 11.0. The van der Waals surface area contributed by atoms with Crippen molar-refractivity contribution in [2.75, 3.05) is 23.3 Å². The summed E-state index contributed by atoms with van der Waals surface area (Å²) in [6, 6.07) is 7.29. The van der Waals surface area contributed by atoms with E-state index in [1.165, 1.54) is 12.8 Å². The molecule has 6 heteroatoms. The minimum Gasteiger partial charge on any atom is -0.340 e. The van der Waals surface area contributed by atoms with Gasteiger partial charge in [0.25, 0.3) is 0 Å². The second-order valence-corrected chi connectivity index (χ2v) is 6.98. The summed E-state index contributed by atoms with van der Waals surface area (Å²) >= 11 is 12.2. The summed E-state index contributed by atoms with van der Waals surface area (Å²) in [6.45, 7) is 6.27. The minimum absolute atomic E-state index is 0.571. The number of rotatable bonds is 3. The van der Waals surface area contributed by atoms with E-state index < -0.39 is 0 Å². The van der Waals surface area contributed by atoms with E-state index in [-0.39, 0.29) is 0 Å². The number of nitrogens with one attached hydrogen (secondary N) is 1. The van der Waals surface area contributed by atoms with Gasteiger partial charge >= 0.3 is 0 Å². The SMILES string of the molecule is Cc1cc(Nc2ccc(Cl)cc2Cl)nc(N2CCCC(C)C2)n1. The molecule has 0 amide bonds. The van der Waals surface area contributed by atoms with Crippen molar-refractivity contribution in [1.82, 2.24) is 9.97 Å². The van der Waals surface area contributed by atoms with Gasteiger partial charge in [-0.2, -0.15) is 4.98 Å². The van der Waals surface area contributed by atoms with Crippen LogP contribution < -0.4 is 10.2 Å². The zero-order chi connectivity index (χ0) is 16.4. The second kappa shape index (κ2) is 6.93. The lowest BCUT2D eigenvalue weighted by atomic mass is 10.0. The Balaban J connectivity index is 1.85. The molecule has 1 saturated heterocycles. The fourth-order valence-corrected chi connectivity index (χ4v) is 3.31. The average molecular weight is 351 g/mol. The van der Waals surface area contributed by atoms with E-state index in [2.05, 4.69) is 27.1 Å². The number of halogens is 2. The zero-order valence-electron chi connectivity index (χ0n) is 13.3. The van der Waals surface area contributed by atoms with Crippen molar-refractivity contribution in [2.45, 2.75) is 26.7 Å². The number of nitrogens with zero attached hydrogens (tertiary/aromatic N) is 3. The van der Waals surface area contributed by atoms with Crippen molar-refractivity contribution in [2.24, 2.45) is 5.92 Å². The zero-order valence-corrected chi connectivity index (χ0v) is 14.8. The molecule has 1 atom stereocenters. The van der Waals surface area contributed by atoms with Gasteiger partial charge in [0.1, 0.15) is 5.82 Å². The maximum Gasteiger partial charge on any atom is 0.227 e. The molecular formula is C17H20Cl2N4. The van der Waals surface area contributed by atoms with E-state index in [1.54, 1.807) is 12.1 Å². The number of hydrogen-bond acceptors (Lipinski definition) is 4. The van der Waals surface area contributed by atoms with Gasteiger partial charge in [-0.25, -0.2) is 4.98 Å². The maximum atomic E-state index is 6.23. The van der Waals surface area contributed by atoms with Gasteiger partial charge in [-0.1, -0.05) is 30.1 Å². The van der Waals surface area contributed by atoms with Crippen LogP contribution in [0.3, 0.4) is 0 Å².